The number of aryl methyl sites for hydroxylation is 2. The third-order valence-corrected chi connectivity index (χ3v) is 4.41. The van der Waals surface area contributed by atoms with E-state index in [1.54, 1.807) is 12.1 Å². The van der Waals surface area contributed by atoms with Gasteiger partial charge in [0.15, 0.2) is 6.10 Å². The van der Waals surface area contributed by atoms with Crippen molar-refractivity contribution in [3.63, 3.8) is 0 Å². The van der Waals surface area contributed by atoms with Crippen molar-refractivity contribution >= 4 is 29.4 Å². The summed E-state index contributed by atoms with van der Waals surface area (Å²) in [6.07, 6.45) is -0.883. The summed E-state index contributed by atoms with van der Waals surface area (Å²) < 4.78 is 18.5. The van der Waals surface area contributed by atoms with Gasteiger partial charge in [0.2, 0.25) is 0 Å². The first kappa shape index (κ1) is 23.9. The number of halogens is 2. The molecule has 0 heterocycles. The van der Waals surface area contributed by atoms with E-state index in [1.165, 1.54) is 31.2 Å². The third-order valence-electron chi connectivity index (χ3n) is 4.19. The van der Waals surface area contributed by atoms with Crippen molar-refractivity contribution in [1.29, 1.82) is 0 Å². The molecule has 0 spiro atoms. The Bertz CT molecular complexity index is 930. The Kier molecular flexibility index (Phi) is 8.63. The number of carbonyl (C=O) groups excluding carboxylic acids is 3. The van der Waals surface area contributed by atoms with Gasteiger partial charge < -0.3 is 15.4 Å². The molecule has 0 saturated heterocycles. The van der Waals surface area contributed by atoms with Crippen molar-refractivity contribution in [1.82, 2.24) is 21.5 Å². The van der Waals surface area contributed by atoms with Crippen molar-refractivity contribution in [2.24, 2.45) is 0 Å². The molecular formula is C21H24ClFN4O4. The van der Waals surface area contributed by atoms with Crippen LogP contribution in [0.4, 0.5) is 9.18 Å². The van der Waals surface area contributed by atoms with Gasteiger partial charge in [0.25, 0.3) is 11.8 Å². The van der Waals surface area contributed by atoms with E-state index in [-0.39, 0.29) is 18.9 Å². The molecule has 1 unspecified atom stereocenters. The van der Waals surface area contributed by atoms with Crippen LogP contribution in [-0.4, -0.2) is 30.5 Å². The second kappa shape index (κ2) is 11.2. The number of urea groups is 1. The lowest BCUT2D eigenvalue weighted by Crippen LogP contribution is -2.50. The summed E-state index contributed by atoms with van der Waals surface area (Å²) >= 11 is 5.98. The quantitative estimate of drug-likeness (QED) is 0.486. The zero-order valence-electron chi connectivity index (χ0n) is 17.3. The zero-order chi connectivity index (χ0) is 23.0. The van der Waals surface area contributed by atoms with E-state index in [2.05, 4.69) is 21.5 Å². The van der Waals surface area contributed by atoms with E-state index >= 15 is 0 Å². The highest BCUT2D eigenvalue weighted by Gasteiger charge is 2.18. The Morgan fingerprint density at radius 2 is 1.65 bits per heavy atom. The number of hydrogen-bond donors (Lipinski definition) is 4. The number of carbonyl (C=O) groups is 3. The summed E-state index contributed by atoms with van der Waals surface area (Å²) in [4.78, 5) is 35.7. The molecule has 0 saturated carbocycles. The van der Waals surface area contributed by atoms with Crippen molar-refractivity contribution in [2.75, 3.05) is 6.54 Å². The summed E-state index contributed by atoms with van der Waals surface area (Å²) in [6.45, 7) is 4.97. The van der Waals surface area contributed by atoms with Crippen molar-refractivity contribution in [2.45, 2.75) is 33.4 Å². The molecule has 4 N–H and O–H groups in total. The van der Waals surface area contributed by atoms with Gasteiger partial charge in [0, 0.05) is 11.6 Å². The molecule has 2 rings (SSSR count). The summed E-state index contributed by atoms with van der Waals surface area (Å²) in [5, 5.41) is 5.45. The highest BCUT2D eigenvalue weighted by Crippen LogP contribution is 2.27. The molecule has 31 heavy (non-hydrogen) atoms. The fourth-order valence-electron chi connectivity index (χ4n) is 2.60. The van der Waals surface area contributed by atoms with Gasteiger partial charge in [-0.25, -0.2) is 9.18 Å². The monoisotopic (exact) mass is 450 g/mol. The molecule has 4 amide bonds. The van der Waals surface area contributed by atoms with Gasteiger partial charge in [0.1, 0.15) is 18.1 Å². The van der Waals surface area contributed by atoms with Crippen molar-refractivity contribution < 1.29 is 23.5 Å². The fourth-order valence-corrected chi connectivity index (χ4v) is 2.93. The largest absolute Gasteiger partial charge is 0.480 e. The standard InChI is InChI=1S/C21H24ClFN4O4/c1-12-8-16(22)9-13(2)19(12)31-14(3)20(29)27-26-18(28)11-25-21(30)24-10-15-4-6-17(23)7-5-15/h4-9,14H,10-11H2,1-3H3,(H,26,28)(H,27,29)(H2,24,25,30). The molecular weight excluding hydrogens is 427 g/mol. The summed E-state index contributed by atoms with van der Waals surface area (Å²) in [7, 11) is 0. The predicted molar refractivity (Wildman–Crippen MR) is 114 cm³/mol. The van der Waals surface area contributed by atoms with Crippen LogP contribution >= 0.6 is 11.6 Å². The fraction of sp³-hybridized carbons (Fsp3) is 0.286. The van der Waals surface area contributed by atoms with Gasteiger partial charge in [0.05, 0.1) is 0 Å². The van der Waals surface area contributed by atoms with Crippen LogP contribution in [0.15, 0.2) is 36.4 Å². The summed E-state index contributed by atoms with van der Waals surface area (Å²) in [6, 6.07) is 8.50. The highest BCUT2D eigenvalue weighted by molar-refractivity contribution is 6.30. The number of ether oxygens (including phenoxy) is 1. The topological polar surface area (TPSA) is 109 Å². The minimum atomic E-state index is -0.883. The number of benzene rings is 2. The predicted octanol–water partition coefficient (Wildman–Crippen LogP) is 2.51. The maximum atomic E-state index is 12.8. The van der Waals surface area contributed by atoms with Gasteiger partial charge in [-0.3, -0.25) is 20.4 Å². The average Bonchev–Trinajstić information content (AvgIpc) is 2.72. The van der Waals surface area contributed by atoms with Crippen LogP contribution in [-0.2, 0) is 16.1 Å². The Morgan fingerprint density at radius 3 is 2.26 bits per heavy atom. The van der Waals surface area contributed by atoms with Gasteiger partial charge in [-0.05, 0) is 61.7 Å². The van der Waals surface area contributed by atoms with Crippen LogP contribution < -0.4 is 26.2 Å². The van der Waals surface area contributed by atoms with E-state index in [0.29, 0.717) is 16.3 Å². The normalized spacial score (nSPS) is 11.3. The smallest absolute Gasteiger partial charge is 0.315 e. The molecule has 1 atom stereocenters. The molecule has 2 aromatic carbocycles. The molecule has 2 aromatic rings. The molecule has 0 fully saturated rings. The maximum Gasteiger partial charge on any atom is 0.315 e. The molecule has 0 aliphatic rings. The van der Waals surface area contributed by atoms with Crippen molar-refractivity contribution in [3.05, 3.63) is 63.9 Å². The van der Waals surface area contributed by atoms with Gasteiger partial charge in [-0.15, -0.1) is 0 Å². The molecule has 0 aliphatic heterocycles. The van der Waals surface area contributed by atoms with E-state index in [0.717, 1.165) is 11.1 Å². The Labute approximate surface area is 184 Å². The van der Waals surface area contributed by atoms with Crippen LogP contribution in [0, 0.1) is 19.7 Å². The molecule has 10 heteroatoms. The first-order valence-corrected chi connectivity index (χ1v) is 9.81. The van der Waals surface area contributed by atoms with E-state index in [9.17, 15) is 18.8 Å². The minimum absolute atomic E-state index is 0.169. The van der Waals surface area contributed by atoms with E-state index in [4.69, 9.17) is 16.3 Å². The van der Waals surface area contributed by atoms with Crippen LogP contribution in [0.2, 0.25) is 5.02 Å². The van der Waals surface area contributed by atoms with Gasteiger partial charge >= 0.3 is 6.03 Å². The van der Waals surface area contributed by atoms with Crippen LogP contribution in [0.1, 0.15) is 23.6 Å². The Hall–Kier alpha value is -3.33. The number of hydrogen-bond acceptors (Lipinski definition) is 4. The number of hydrazine groups is 1. The molecule has 0 aromatic heterocycles. The number of nitrogens with one attached hydrogen (secondary N) is 4. The lowest BCUT2D eigenvalue weighted by molar-refractivity contribution is -0.132. The second-order valence-electron chi connectivity index (χ2n) is 6.83. The van der Waals surface area contributed by atoms with Crippen LogP contribution in [0.5, 0.6) is 5.75 Å². The third kappa shape index (κ3) is 7.78. The second-order valence-corrected chi connectivity index (χ2v) is 7.27. The molecule has 0 aliphatic carbocycles. The summed E-state index contributed by atoms with van der Waals surface area (Å²) in [5.41, 5.74) is 6.71. The van der Waals surface area contributed by atoms with Gasteiger partial charge in [-0.1, -0.05) is 23.7 Å². The molecule has 0 bridgehead atoms. The first-order valence-electron chi connectivity index (χ1n) is 9.44. The van der Waals surface area contributed by atoms with Crippen LogP contribution in [0.25, 0.3) is 0 Å². The number of amides is 4. The Balaban J connectivity index is 1.70. The zero-order valence-corrected chi connectivity index (χ0v) is 18.1. The lowest BCUT2D eigenvalue weighted by Gasteiger charge is -2.18. The average molecular weight is 451 g/mol. The maximum absolute atomic E-state index is 12.8. The number of rotatable bonds is 7. The first-order chi connectivity index (χ1) is 14.7. The molecule has 8 nitrogen and oxygen atoms in total. The SMILES string of the molecule is Cc1cc(Cl)cc(C)c1OC(C)C(=O)NNC(=O)CNC(=O)NCc1ccc(F)cc1. The lowest BCUT2D eigenvalue weighted by atomic mass is 10.1. The van der Waals surface area contributed by atoms with E-state index < -0.39 is 23.9 Å². The highest BCUT2D eigenvalue weighted by atomic mass is 35.5. The minimum Gasteiger partial charge on any atom is -0.480 e. The van der Waals surface area contributed by atoms with Gasteiger partial charge in [-0.2, -0.15) is 0 Å². The molecule has 166 valence electrons. The summed E-state index contributed by atoms with van der Waals surface area (Å²) in [5.74, 6) is -1.03. The van der Waals surface area contributed by atoms with Crippen LogP contribution in [0.3, 0.4) is 0 Å². The molecule has 0 radical (unpaired) electrons. The van der Waals surface area contributed by atoms with E-state index in [1.807, 2.05) is 13.8 Å². The Morgan fingerprint density at radius 1 is 1.03 bits per heavy atom. The van der Waals surface area contributed by atoms with Crippen molar-refractivity contribution in [3.8, 4) is 5.75 Å².